The third-order valence-electron chi connectivity index (χ3n) is 6.00. The van der Waals surface area contributed by atoms with Crippen LogP contribution in [0, 0.1) is 0 Å². The fourth-order valence-electron chi connectivity index (χ4n) is 4.31. The summed E-state index contributed by atoms with van der Waals surface area (Å²) in [6.45, 7) is 3.59. The Morgan fingerprint density at radius 2 is 1.83 bits per heavy atom. The first-order chi connectivity index (χ1) is 14.0. The molecule has 1 fully saturated rings. The van der Waals surface area contributed by atoms with E-state index in [0.717, 1.165) is 38.8 Å². The van der Waals surface area contributed by atoms with Crippen LogP contribution in [0.3, 0.4) is 0 Å². The van der Waals surface area contributed by atoms with Crippen LogP contribution < -0.4 is 4.90 Å². The number of aryl methyl sites for hydroxylation is 2. The number of likely N-dealkylation sites (tertiary alicyclic amines) is 1. The van der Waals surface area contributed by atoms with Gasteiger partial charge in [0.15, 0.2) is 6.23 Å². The topological polar surface area (TPSA) is 64.0 Å². The average Bonchev–Trinajstić information content (AvgIpc) is 3.06. The van der Waals surface area contributed by atoms with Gasteiger partial charge in [-0.15, -0.1) is 11.3 Å². The number of rotatable bonds is 4. The van der Waals surface area contributed by atoms with Crippen molar-refractivity contribution in [3.8, 4) is 0 Å². The standard InChI is InChI=1S/C23H28N2O3S/c1-15(27)23(28)25(14-26)21-13-19-20(29-21)8-7-16-5-3-4-6-18(16)22(19)17-9-11-24(2)12-10-17/h3-6,13-15,23,27-28H,7-12H2,1-2H3. The van der Waals surface area contributed by atoms with E-state index in [-0.39, 0.29) is 0 Å². The molecule has 0 spiro atoms. The predicted molar refractivity (Wildman–Crippen MR) is 117 cm³/mol. The highest BCUT2D eigenvalue weighted by atomic mass is 32.1. The van der Waals surface area contributed by atoms with Crippen LogP contribution in [0.4, 0.5) is 5.00 Å². The van der Waals surface area contributed by atoms with Crippen molar-refractivity contribution in [1.82, 2.24) is 4.90 Å². The number of hydrogen-bond acceptors (Lipinski definition) is 5. The number of aliphatic hydroxyl groups is 2. The molecule has 5 nitrogen and oxygen atoms in total. The van der Waals surface area contributed by atoms with E-state index in [9.17, 15) is 15.0 Å². The molecular formula is C23H28N2O3S. The minimum absolute atomic E-state index is 0.610. The molecule has 2 aromatic rings. The third kappa shape index (κ3) is 3.90. The number of piperidine rings is 1. The van der Waals surface area contributed by atoms with Crippen LogP contribution in [-0.2, 0) is 17.6 Å². The van der Waals surface area contributed by atoms with E-state index in [1.165, 1.54) is 44.5 Å². The fourth-order valence-corrected chi connectivity index (χ4v) is 5.47. The van der Waals surface area contributed by atoms with Crippen LogP contribution >= 0.6 is 11.3 Å². The van der Waals surface area contributed by atoms with Crippen LogP contribution in [0.1, 0.15) is 41.3 Å². The quantitative estimate of drug-likeness (QED) is 0.599. The molecule has 6 heteroatoms. The highest BCUT2D eigenvalue weighted by Gasteiger charge is 2.28. The van der Waals surface area contributed by atoms with E-state index in [1.54, 1.807) is 11.3 Å². The van der Waals surface area contributed by atoms with E-state index in [0.29, 0.717) is 11.4 Å². The van der Waals surface area contributed by atoms with E-state index < -0.39 is 12.3 Å². The lowest BCUT2D eigenvalue weighted by molar-refractivity contribution is -0.110. The molecule has 1 aliphatic heterocycles. The second-order valence-electron chi connectivity index (χ2n) is 8.03. The molecule has 1 amide bonds. The molecule has 1 aliphatic carbocycles. The highest BCUT2D eigenvalue weighted by molar-refractivity contribution is 7.16. The van der Waals surface area contributed by atoms with Gasteiger partial charge in [-0.3, -0.25) is 9.69 Å². The molecule has 4 rings (SSSR count). The molecule has 2 unspecified atom stereocenters. The smallest absolute Gasteiger partial charge is 0.216 e. The number of hydrogen-bond donors (Lipinski definition) is 2. The number of carbonyl (C=O) groups excluding carboxylic acids is 1. The van der Waals surface area contributed by atoms with E-state index >= 15 is 0 Å². The van der Waals surface area contributed by atoms with Crippen molar-refractivity contribution in [2.45, 2.75) is 44.9 Å². The average molecular weight is 413 g/mol. The molecule has 0 saturated carbocycles. The minimum Gasteiger partial charge on any atom is -0.389 e. The number of carbonyl (C=O) groups is 1. The van der Waals surface area contributed by atoms with Gasteiger partial charge in [-0.2, -0.15) is 0 Å². The Bertz CT molecular complexity index is 924. The van der Waals surface area contributed by atoms with Gasteiger partial charge in [0.25, 0.3) is 0 Å². The summed E-state index contributed by atoms with van der Waals surface area (Å²) in [5, 5.41) is 20.8. The Morgan fingerprint density at radius 3 is 2.52 bits per heavy atom. The molecular weight excluding hydrogens is 384 g/mol. The van der Waals surface area contributed by atoms with E-state index in [4.69, 9.17) is 0 Å². The Balaban J connectivity index is 1.85. The van der Waals surface area contributed by atoms with E-state index in [1.807, 2.05) is 6.07 Å². The second kappa shape index (κ2) is 8.40. The number of benzene rings is 1. The van der Waals surface area contributed by atoms with Crippen LogP contribution in [-0.4, -0.2) is 54.0 Å². The lowest BCUT2D eigenvalue weighted by atomic mass is 9.87. The SMILES string of the molecule is CC(O)C(O)N(C=O)c1cc2c(s1)CCc1ccccc1C2=C1CCN(C)CC1. The largest absolute Gasteiger partial charge is 0.389 e. The van der Waals surface area contributed by atoms with Gasteiger partial charge < -0.3 is 15.1 Å². The number of fused-ring (bicyclic) bond motifs is 2. The lowest BCUT2D eigenvalue weighted by Gasteiger charge is -2.27. The van der Waals surface area contributed by atoms with Gasteiger partial charge in [0.1, 0.15) is 5.00 Å². The summed E-state index contributed by atoms with van der Waals surface area (Å²) in [6.07, 6.45) is 2.29. The number of nitrogens with zero attached hydrogens (tertiary/aromatic N) is 2. The van der Waals surface area contributed by atoms with Crippen LogP contribution in [0.5, 0.6) is 0 Å². The Hall–Kier alpha value is -1.99. The van der Waals surface area contributed by atoms with Crippen molar-refractivity contribution in [1.29, 1.82) is 0 Å². The van der Waals surface area contributed by atoms with Gasteiger partial charge in [0, 0.05) is 18.0 Å². The zero-order chi connectivity index (χ0) is 20.5. The van der Waals surface area contributed by atoms with Gasteiger partial charge in [-0.25, -0.2) is 0 Å². The van der Waals surface area contributed by atoms with Crippen molar-refractivity contribution in [2.75, 3.05) is 25.0 Å². The zero-order valence-corrected chi connectivity index (χ0v) is 17.8. The molecule has 1 saturated heterocycles. The molecule has 2 N–H and O–H groups in total. The summed E-state index contributed by atoms with van der Waals surface area (Å²) < 4.78 is 0. The Labute approximate surface area is 175 Å². The van der Waals surface area contributed by atoms with Crippen LogP contribution in [0.25, 0.3) is 5.57 Å². The first-order valence-corrected chi connectivity index (χ1v) is 11.0. The second-order valence-corrected chi connectivity index (χ2v) is 9.14. The maximum atomic E-state index is 11.7. The summed E-state index contributed by atoms with van der Waals surface area (Å²) in [6, 6.07) is 10.7. The summed E-state index contributed by atoms with van der Waals surface area (Å²) in [5.41, 5.74) is 6.62. The fraction of sp³-hybridized carbons (Fsp3) is 0.435. The summed E-state index contributed by atoms with van der Waals surface area (Å²) in [7, 11) is 2.16. The summed E-state index contributed by atoms with van der Waals surface area (Å²) >= 11 is 1.54. The number of aliphatic hydroxyl groups excluding tert-OH is 2. The molecule has 29 heavy (non-hydrogen) atoms. The first-order valence-electron chi connectivity index (χ1n) is 10.2. The molecule has 2 aliphatic rings. The molecule has 1 aromatic carbocycles. The third-order valence-corrected chi connectivity index (χ3v) is 7.21. The van der Waals surface area contributed by atoms with Crippen LogP contribution in [0.15, 0.2) is 35.9 Å². The van der Waals surface area contributed by atoms with Crippen molar-refractivity contribution < 1.29 is 15.0 Å². The maximum Gasteiger partial charge on any atom is 0.216 e. The highest BCUT2D eigenvalue weighted by Crippen LogP contribution is 2.44. The maximum absolute atomic E-state index is 11.7. The van der Waals surface area contributed by atoms with Gasteiger partial charge >= 0.3 is 0 Å². The zero-order valence-electron chi connectivity index (χ0n) is 17.0. The van der Waals surface area contributed by atoms with E-state index in [2.05, 4.69) is 36.2 Å². The van der Waals surface area contributed by atoms with Crippen molar-refractivity contribution in [2.24, 2.45) is 0 Å². The van der Waals surface area contributed by atoms with Crippen LogP contribution in [0.2, 0.25) is 0 Å². The molecule has 1 aromatic heterocycles. The normalized spacial score (nSPS) is 19.2. The monoisotopic (exact) mass is 412 g/mol. The number of thiophene rings is 1. The number of anilines is 1. The molecule has 0 radical (unpaired) electrons. The molecule has 2 heterocycles. The molecule has 154 valence electrons. The lowest BCUT2D eigenvalue weighted by Crippen LogP contribution is -2.41. The Morgan fingerprint density at radius 1 is 1.10 bits per heavy atom. The van der Waals surface area contributed by atoms with Gasteiger partial charge in [-0.1, -0.05) is 29.8 Å². The predicted octanol–water partition coefficient (Wildman–Crippen LogP) is 3.04. The van der Waals surface area contributed by atoms with Crippen molar-refractivity contribution in [3.05, 3.63) is 57.5 Å². The first kappa shape index (κ1) is 20.3. The van der Waals surface area contributed by atoms with Crippen molar-refractivity contribution >= 4 is 28.3 Å². The van der Waals surface area contributed by atoms with Gasteiger partial charge in [0.2, 0.25) is 6.41 Å². The minimum atomic E-state index is -1.25. The van der Waals surface area contributed by atoms with Crippen molar-refractivity contribution in [3.63, 3.8) is 0 Å². The van der Waals surface area contributed by atoms with Gasteiger partial charge in [0.05, 0.1) is 6.10 Å². The molecule has 2 atom stereocenters. The Kier molecular flexibility index (Phi) is 5.88. The number of amides is 1. The molecule has 0 bridgehead atoms. The summed E-state index contributed by atoms with van der Waals surface area (Å²) in [5.74, 6) is 0. The summed E-state index contributed by atoms with van der Waals surface area (Å²) in [4.78, 5) is 16.5. The van der Waals surface area contributed by atoms with Gasteiger partial charge in [-0.05, 0) is 68.0 Å².